The first-order valence-electron chi connectivity index (χ1n) is 12.0. The second-order valence-electron chi connectivity index (χ2n) is 9.66. The van der Waals surface area contributed by atoms with Crippen molar-refractivity contribution in [2.45, 2.75) is 12.8 Å². The largest absolute Gasteiger partial charge is 0.276 e. The fourth-order valence-corrected chi connectivity index (χ4v) is 6.58. The molecule has 0 fully saturated rings. The first kappa shape index (κ1) is 17.8. The third kappa shape index (κ3) is 2.11. The van der Waals surface area contributed by atoms with Gasteiger partial charge in [-0.15, -0.1) is 0 Å². The number of fused-ring (bicyclic) bond motifs is 16. The van der Waals surface area contributed by atoms with Crippen LogP contribution in [0, 0.1) is 0 Å². The van der Waals surface area contributed by atoms with Gasteiger partial charge < -0.3 is 0 Å². The van der Waals surface area contributed by atoms with E-state index < -0.39 is 0 Å². The van der Waals surface area contributed by atoms with Crippen LogP contribution in [0.4, 0.5) is 0 Å². The van der Waals surface area contributed by atoms with Crippen molar-refractivity contribution in [3.63, 3.8) is 0 Å². The van der Waals surface area contributed by atoms with Crippen LogP contribution in [-0.2, 0) is 12.8 Å². The third-order valence-corrected chi connectivity index (χ3v) is 7.99. The Morgan fingerprint density at radius 1 is 0.657 bits per heavy atom. The lowest BCUT2D eigenvalue weighted by Crippen LogP contribution is -1.96. The average molecular weight is 447 g/mol. The first-order valence-corrected chi connectivity index (χ1v) is 12.0. The Labute approximate surface area is 200 Å². The number of rotatable bonds is 0. The number of imidazole rings is 1. The number of nitrogens with zero attached hydrogens (tertiary/aromatic N) is 4. The standard InChI is InChI=1S/C31H18N4/c1-2-5-19-17(4-1)14-23-20(19)8-7-18-15-24-21(28(18)23)9-10-22-25-16-32-13-11-27(25)35-30-26(6-3-12-33-30)34-31(35)29(22)24/h1-13,16H,14-15H2. The van der Waals surface area contributed by atoms with E-state index in [1.165, 1.54) is 55.3 Å². The Morgan fingerprint density at radius 2 is 1.57 bits per heavy atom. The Morgan fingerprint density at radius 3 is 2.57 bits per heavy atom. The van der Waals surface area contributed by atoms with Gasteiger partial charge >= 0.3 is 0 Å². The molecule has 9 rings (SSSR count). The smallest absolute Gasteiger partial charge is 0.164 e. The fourth-order valence-electron chi connectivity index (χ4n) is 6.58. The lowest BCUT2D eigenvalue weighted by atomic mass is 9.94. The van der Waals surface area contributed by atoms with Gasteiger partial charge in [0.1, 0.15) is 11.2 Å². The molecule has 2 aliphatic carbocycles. The molecule has 3 aromatic carbocycles. The zero-order chi connectivity index (χ0) is 22.7. The normalized spacial score (nSPS) is 13.5. The van der Waals surface area contributed by atoms with Crippen molar-refractivity contribution in [2.24, 2.45) is 0 Å². The minimum absolute atomic E-state index is 0.894. The molecule has 4 heteroatoms. The molecule has 7 aromatic rings. The van der Waals surface area contributed by atoms with Crippen molar-refractivity contribution in [3.8, 4) is 22.3 Å². The van der Waals surface area contributed by atoms with E-state index in [0.717, 1.165) is 40.6 Å². The molecule has 2 aliphatic rings. The Hall–Kier alpha value is -4.57. The highest BCUT2D eigenvalue weighted by molar-refractivity contribution is 6.16. The highest BCUT2D eigenvalue weighted by atomic mass is 15.1. The topological polar surface area (TPSA) is 43.1 Å². The molecule has 0 N–H and O–H groups in total. The van der Waals surface area contributed by atoms with Gasteiger partial charge in [0.25, 0.3) is 0 Å². The summed E-state index contributed by atoms with van der Waals surface area (Å²) in [5.41, 5.74) is 15.1. The lowest BCUT2D eigenvalue weighted by molar-refractivity contribution is 1.22. The molecule has 0 radical (unpaired) electrons. The van der Waals surface area contributed by atoms with Gasteiger partial charge in [0.05, 0.1) is 5.52 Å². The summed E-state index contributed by atoms with van der Waals surface area (Å²) in [6.07, 6.45) is 7.60. The zero-order valence-corrected chi connectivity index (χ0v) is 18.8. The number of pyridine rings is 3. The van der Waals surface area contributed by atoms with Gasteiger partial charge in [-0.1, -0.05) is 48.5 Å². The minimum atomic E-state index is 0.894. The van der Waals surface area contributed by atoms with E-state index in [2.05, 4.69) is 70.0 Å². The molecular formula is C31H18N4. The fraction of sp³-hybridized carbons (Fsp3) is 0.0645. The highest BCUT2D eigenvalue weighted by Crippen LogP contribution is 2.50. The van der Waals surface area contributed by atoms with Gasteiger partial charge in [0.2, 0.25) is 0 Å². The molecule has 162 valence electrons. The molecule has 0 unspecified atom stereocenters. The van der Waals surface area contributed by atoms with Crippen molar-refractivity contribution < 1.29 is 0 Å². The highest BCUT2D eigenvalue weighted by Gasteiger charge is 2.30. The summed E-state index contributed by atoms with van der Waals surface area (Å²) in [5.74, 6) is 0. The van der Waals surface area contributed by atoms with Gasteiger partial charge in [0.15, 0.2) is 5.65 Å². The monoisotopic (exact) mass is 446 g/mol. The molecule has 4 heterocycles. The molecular weight excluding hydrogens is 428 g/mol. The van der Waals surface area contributed by atoms with Crippen molar-refractivity contribution in [1.82, 2.24) is 19.4 Å². The van der Waals surface area contributed by atoms with Crippen LogP contribution in [0.25, 0.3) is 60.7 Å². The molecule has 0 spiro atoms. The summed E-state index contributed by atoms with van der Waals surface area (Å²) >= 11 is 0. The van der Waals surface area contributed by atoms with E-state index in [9.17, 15) is 0 Å². The Kier molecular flexibility index (Phi) is 3.11. The maximum absolute atomic E-state index is 5.12. The summed E-state index contributed by atoms with van der Waals surface area (Å²) in [6.45, 7) is 0. The van der Waals surface area contributed by atoms with Crippen LogP contribution in [0.1, 0.15) is 22.3 Å². The van der Waals surface area contributed by atoms with Gasteiger partial charge in [-0.2, -0.15) is 0 Å². The molecule has 0 bridgehead atoms. The SMILES string of the molecule is c1ccc2c(c1)Cc1c-2ccc2c1-c1ccc3c4cnccc4n4c5ncccc5nc4c3c1C2. The maximum Gasteiger partial charge on any atom is 0.164 e. The zero-order valence-electron chi connectivity index (χ0n) is 18.8. The number of benzene rings is 3. The summed E-state index contributed by atoms with van der Waals surface area (Å²) in [5, 5.41) is 3.57. The van der Waals surface area contributed by atoms with E-state index in [1.54, 1.807) is 0 Å². The van der Waals surface area contributed by atoms with Crippen LogP contribution in [0.15, 0.2) is 85.3 Å². The molecule has 0 aliphatic heterocycles. The lowest BCUT2D eigenvalue weighted by Gasteiger charge is -2.13. The Balaban J connectivity index is 1.44. The summed E-state index contributed by atoms with van der Waals surface area (Å²) < 4.78 is 2.22. The summed E-state index contributed by atoms with van der Waals surface area (Å²) in [6, 6.07) is 24.2. The van der Waals surface area contributed by atoms with E-state index in [4.69, 9.17) is 9.97 Å². The third-order valence-electron chi connectivity index (χ3n) is 7.99. The second-order valence-corrected chi connectivity index (χ2v) is 9.66. The van der Waals surface area contributed by atoms with Crippen molar-refractivity contribution in [3.05, 3.63) is 108 Å². The molecule has 4 aromatic heterocycles. The van der Waals surface area contributed by atoms with E-state index in [1.807, 2.05) is 24.7 Å². The minimum Gasteiger partial charge on any atom is -0.276 e. The average Bonchev–Trinajstić information content (AvgIpc) is 3.59. The van der Waals surface area contributed by atoms with E-state index in [0.29, 0.717) is 0 Å². The second kappa shape index (κ2) is 6.10. The maximum atomic E-state index is 5.12. The number of aromatic nitrogens is 4. The molecule has 0 atom stereocenters. The predicted molar refractivity (Wildman–Crippen MR) is 140 cm³/mol. The van der Waals surface area contributed by atoms with Gasteiger partial charge in [-0.25, -0.2) is 9.97 Å². The molecule has 0 saturated carbocycles. The van der Waals surface area contributed by atoms with Crippen LogP contribution >= 0.6 is 0 Å². The number of hydrogen-bond acceptors (Lipinski definition) is 3. The number of hydrogen-bond donors (Lipinski definition) is 0. The van der Waals surface area contributed by atoms with E-state index in [-0.39, 0.29) is 0 Å². The van der Waals surface area contributed by atoms with Crippen LogP contribution < -0.4 is 0 Å². The van der Waals surface area contributed by atoms with E-state index >= 15 is 0 Å². The van der Waals surface area contributed by atoms with Crippen molar-refractivity contribution >= 4 is 38.5 Å². The molecule has 4 nitrogen and oxygen atoms in total. The predicted octanol–water partition coefficient (Wildman–Crippen LogP) is 6.73. The Bertz CT molecular complexity index is 2070. The van der Waals surface area contributed by atoms with Crippen molar-refractivity contribution in [1.29, 1.82) is 0 Å². The molecule has 35 heavy (non-hydrogen) atoms. The summed E-state index contributed by atoms with van der Waals surface area (Å²) in [7, 11) is 0. The summed E-state index contributed by atoms with van der Waals surface area (Å²) in [4.78, 5) is 14.3. The van der Waals surface area contributed by atoms with Crippen molar-refractivity contribution in [2.75, 3.05) is 0 Å². The van der Waals surface area contributed by atoms with Gasteiger partial charge in [-0.05, 0) is 80.9 Å². The molecule has 0 amide bonds. The quantitative estimate of drug-likeness (QED) is 0.243. The molecule has 0 saturated heterocycles. The van der Waals surface area contributed by atoms with Crippen LogP contribution in [0.5, 0.6) is 0 Å². The van der Waals surface area contributed by atoms with Crippen LogP contribution in [0.2, 0.25) is 0 Å². The first-order chi connectivity index (χ1) is 17.4. The van der Waals surface area contributed by atoms with Gasteiger partial charge in [-0.3, -0.25) is 9.38 Å². The van der Waals surface area contributed by atoms with Crippen LogP contribution in [0.3, 0.4) is 0 Å². The van der Waals surface area contributed by atoms with Gasteiger partial charge in [0, 0.05) is 29.4 Å². The van der Waals surface area contributed by atoms with Crippen LogP contribution in [-0.4, -0.2) is 19.4 Å².